The molecule has 0 saturated carbocycles. The lowest BCUT2D eigenvalue weighted by Crippen LogP contribution is -2.61. The molecule has 0 N–H and O–H groups in total. The first-order chi connectivity index (χ1) is 9.21. The van der Waals surface area contributed by atoms with Crippen LogP contribution in [0.3, 0.4) is 0 Å². The van der Waals surface area contributed by atoms with Gasteiger partial charge in [-0.3, -0.25) is 0 Å². The summed E-state index contributed by atoms with van der Waals surface area (Å²) in [6, 6.07) is 0. The number of halogens is 14. The lowest BCUT2D eigenvalue weighted by Gasteiger charge is -2.34. The second-order valence-electron chi connectivity index (χ2n) is 4.05. The van der Waals surface area contributed by atoms with E-state index < -0.39 is 48.9 Å². The topological polar surface area (TPSA) is 0 Å². The third-order valence-electron chi connectivity index (χ3n) is 2.38. The maximum Gasteiger partial charge on any atom is 0.460 e. The third kappa shape index (κ3) is 3.50. The number of rotatable bonds is 5. The second-order valence-corrected chi connectivity index (χ2v) is 4.05. The van der Waals surface area contributed by atoms with Gasteiger partial charge in [-0.05, 0) is 0 Å². The Kier molecular flexibility index (Phi) is 5.05. The van der Waals surface area contributed by atoms with Gasteiger partial charge < -0.3 is 0 Å². The largest absolute Gasteiger partial charge is 0.460 e. The molecule has 0 heterocycles. The Labute approximate surface area is 112 Å². The monoisotopic (exact) mass is 366 g/mol. The summed E-state index contributed by atoms with van der Waals surface area (Å²) in [5, 5.41) is 0. The van der Waals surface area contributed by atoms with E-state index in [9.17, 15) is 61.5 Å². The lowest BCUT2D eigenvalue weighted by molar-refractivity contribution is -0.398. The SMILES string of the molecule is FC(F)(F)C(F)(F)CCC(F)(F)C(F)(F)C(F)(F)C(F)(F)F. The van der Waals surface area contributed by atoms with Crippen LogP contribution < -0.4 is 0 Å². The van der Waals surface area contributed by atoms with Gasteiger partial charge in [0.15, 0.2) is 0 Å². The summed E-state index contributed by atoms with van der Waals surface area (Å²) in [6.07, 6.45) is -20.0. The normalized spacial score (nSPS) is 16.1. The van der Waals surface area contributed by atoms with Crippen LogP contribution in [0.15, 0.2) is 0 Å². The Morgan fingerprint density at radius 3 is 0.955 bits per heavy atom. The van der Waals surface area contributed by atoms with Crippen molar-refractivity contribution in [3.05, 3.63) is 0 Å². The summed E-state index contributed by atoms with van der Waals surface area (Å²) in [6.45, 7) is 0. The average Bonchev–Trinajstić information content (AvgIpc) is 2.23. The standard InChI is InChI=1S/C8H4F14/c9-3(10,1-2-4(11,12)7(17,18)19)5(13,14)6(15,16)8(20,21)22/h1-2H2. The molecule has 0 saturated heterocycles. The highest BCUT2D eigenvalue weighted by molar-refractivity contribution is 5.00. The van der Waals surface area contributed by atoms with Crippen LogP contribution >= 0.6 is 0 Å². The predicted octanol–water partition coefficient (Wildman–Crippen LogP) is 5.43. The molecule has 0 fully saturated rings. The van der Waals surface area contributed by atoms with E-state index in [-0.39, 0.29) is 0 Å². The first-order valence-corrected chi connectivity index (χ1v) is 4.85. The summed E-state index contributed by atoms with van der Waals surface area (Å²) < 4.78 is 169. The molecule has 134 valence electrons. The molecule has 0 aliphatic carbocycles. The van der Waals surface area contributed by atoms with Crippen molar-refractivity contribution >= 4 is 0 Å². The van der Waals surface area contributed by atoms with Gasteiger partial charge in [0.2, 0.25) is 0 Å². The summed E-state index contributed by atoms with van der Waals surface area (Å²) in [4.78, 5) is 0. The van der Waals surface area contributed by atoms with Crippen molar-refractivity contribution in [1.82, 2.24) is 0 Å². The highest BCUT2D eigenvalue weighted by Gasteiger charge is 2.81. The molecule has 0 spiro atoms. The Bertz CT molecular complexity index is 385. The van der Waals surface area contributed by atoms with Crippen LogP contribution in [0.25, 0.3) is 0 Å². The third-order valence-corrected chi connectivity index (χ3v) is 2.38. The smallest absolute Gasteiger partial charge is 0.200 e. The molecule has 0 atom stereocenters. The minimum atomic E-state index is -7.34. The molecule has 0 rings (SSSR count). The van der Waals surface area contributed by atoms with Gasteiger partial charge in [0.1, 0.15) is 0 Å². The Hall–Kier alpha value is -0.980. The Morgan fingerprint density at radius 2 is 0.682 bits per heavy atom. The quantitative estimate of drug-likeness (QED) is 0.569. The molecule has 0 bridgehead atoms. The highest BCUT2D eigenvalue weighted by Crippen LogP contribution is 2.55. The van der Waals surface area contributed by atoms with Gasteiger partial charge in [0.05, 0.1) is 0 Å². The molecule has 0 radical (unpaired) electrons. The molecule has 0 aromatic rings. The van der Waals surface area contributed by atoms with Crippen molar-refractivity contribution in [1.29, 1.82) is 0 Å². The fraction of sp³-hybridized carbons (Fsp3) is 1.00. The Morgan fingerprint density at radius 1 is 0.364 bits per heavy atom. The Balaban J connectivity index is 5.41. The van der Waals surface area contributed by atoms with E-state index in [0.717, 1.165) is 0 Å². The van der Waals surface area contributed by atoms with Crippen LogP contribution in [0, 0.1) is 0 Å². The van der Waals surface area contributed by atoms with Crippen molar-refractivity contribution in [2.24, 2.45) is 0 Å². The van der Waals surface area contributed by atoms with Gasteiger partial charge >= 0.3 is 36.0 Å². The lowest BCUT2D eigenvalue weighted by atomic mass is 9.97. The van der Waals surface area contributed by atoms with Gasteiger partial charge in [-0.15, -0.1) is 0 Å². The molecule has 22 heavy (non-hydrogen) atoms. The van der Waals surface area contributed by atoms with Crippen molar-refractivity contribution in [3.8, 4) is 0 Å². The number of alkyl halides is 14. The summed E-state index contributed by atoms with van der Waals surface area (Å²) >= 11 is 0. The zero-order valence-electron chi connectivity index (χ0n) is 9.71. The van der Waals surface area contributed by atoms with Gasteiger partial charge in [-0.1, -0.05) is 0 Å². The predicted molar refractivity (Wildman–Crippen MR) is 41.1 cm³/mol. The summed E-state index contributed by atoms with van der Waals surface area (Å²) in [5.41, 5.74) is 0. The summed E-state index contributed by atoms with van der Waals surface area (Å²) in [7, 11) is 0. The van der Waals surface area contributed by atoms with Crippen molar-refractivity contribution in [2.75, 3.05) is 0 Å². The van der Waals surface area contributed by atoms with Crippen LogP contribution in [0.4, 0.5) is 61.5 Å². The van der Waals surface area contributed by atoms with Gasteiger partial charge in [0, 0.05) is 12.8 Å². The van der Waals surface area contributed by atoms with Crippen LogP contribution in [0.5, 0.6) is 0 Å². The van der Waals surface area contributed by atoms with Crippen molar-refractivity contribution in [2.45, 2.75) is 48.9 Å². The van der Waals surface area contributed by atoms with Crippen LogP contribution in [-0.4, -0.2) is 36.0 Å². The molecule has 0 nitrogen and oxygen atoms in total. The van der Waals surface area contributed by atoms with Crippen LogP contribution in [0.2, 0.25) is 0 Å². The van der Waals surface area contributed by atoms with E-state index in [1.807, 2.05) is 0 Å². The average molecular weight is 366 g/mol. The van der Waals surface area contributed by atoms with Crippen molar-refractivity contribution in [3.63, 3.8) is 0 Å². The van der Waals surface area contributed by atoms with E-state index in [0.29, 0.717) is 0 Å². The maximum absolute atomic E-state index is 12.7. The zero-order valence-corrected chi connectivity index (χ0v) is 9.71. The molecule has 0 aliphatic heterocycles. The maximum atomic E-state index is 12.7. The van der Waals surface area contributed by atoms with Gasteiger partial charge in [0.25, 0.3) is 0 Å². The molecule has 0 aliphatic rings. The van der Waals surface area contributed by atoms with E-state index in [1.165, 1.54) is 0 Å². The van der Waals surface area contributed by atoms with Crippen LogP contribution in [-0.2, 0) is 0 Å². The van der Waals surface area contributed by atoms with Gasteiger partial charge in [-0.25, -0.2) is 0 Å². The molecule has 0 unspecified atom stereocenters. The molecule has 14 heteroatoms. The second kappa shape index (κ2) is 5.28. The minimum absolute atomic E-state index is 3.10. The molecule has 0 aromatic heterocycles. The zero-order chi connectivity index (χ0) is 18.4. The fourth-order valence-electron chi connectivity index (χ4n) is 1.02. The van der Waals surface area contributed by atoms with E-state index >= 15 is 0 Å². The van der Waals surface area contributed by atoms with E-state index in [2.05, 4.69) is 0 Å². The van der Waals surface area contributed by atoms with Gasteiger partial charge in [-0.2, -0.15) is 61.5 Å². The number of hydrogen-bond donors (Lipinski definition) is 0. The van der Waals surface area contributed by atoms with Crippen LogP contribution in [0.1, 0.15) is 12.8 Å². The highest BCUT2D eigenvalue weighted by atomic mass is 19.4. The molecular formula is C8H4F14. The summed E-state index contributed by atoms with van der Waals surface area (Å²) in [5.74, 6) is -27.0. The minimum Gasteiger partial charge on any atom is -0.200 e. The van der Waals surface area contributed by atoms with Crippen molar-refractivity contribution < 1.29 is 61.5 Å². The van der Waals surface area contributed by atoms with E-state index in [4.69, 9.17) is 0 Å². The van der Waals surface area contributed by atoms with E-state index in [1.54, 1.807) is 0 Å². The fourth-order valence-corrected chi connectivity index (χ4v) is 1.02. The number of hydrogen-bond acceptors (Lipinski definition) is 0. The molecule has 0 aromatic carbocycles. The first-order valence-electron chi connectivity index (χ1n) is 4.85. The first kappa shape index (κ1) is 21.0. The molecular weight excluding hydrogens is 362 g/mol. The molecule has 0 amide bonds.